The summed E-state index contributed by atoms with van der Waals surface area (Å²) in [6.45, 7) is 1.11. The van der Waals surface area contributed by atoms with Crippen molar-refractivity contribution in [2.24, 2.45) is 5.92 Å². The molecule has 1 fully saturated rings. The number of ketones is 1. The van der Waals surface area contributed by atoms with Crippen LogP contribution in [0.25, 0.3) is 11.1 Å². The number of piperidine rings is 1. The van der Waals surface area contributed by atoms with Gasteiger partial charge in [-0.15, -0.1) is 0 Å². The lowest BCUT2D eigenvalue weighted by atomic mass is 9.71. The molecule has 238 valence electrons. The molecule has 2 heterocycles. The highest BCUT2D eigenvalue weighted by Crippen LogP contribution is 2.46. The molecular formula is C38H35N3O6. The Kier molecular flexibility index (Phi) is 9.48. The van der Waals surface area contributed by atoms with Gasteiger partial charge in [0.1, 0.15) is 24.6 Å². The van der Waals surface area contributed by atoms with Crippen molar-refractivity contribution in [1.29, 1.82) is 5.26 Å². The van der Waals surface area contributed by atoms with Crippen molar-refractivity contribution < 1.29 is 28.6 Å². The number of nitrogens with zero attached hydrogens (tertiary/aromatic N) is 2. The summed E-state index contributed by atoms with van der Waals surface area (Å²) < 4.78 is 17.6. The first kappa shape index (κ1) is 31.4. The number of hydrogen-bond donors (Lipinski definition) is 1. The number of nitriles is 1. The van der Waals surface area contributed by atoms with Gasteiger partial charge in [-0.25, -0.2) is 9.59 Å². The third-order valence-electron chi connectivity index (χ3n) is 8.81. The minimum atomic E-state index is -0.830. The number of anilines is 1. The van der Waals surface area contributed by atoms with E-state index in [2.05, 4.69) is 11.4 Å². The van der Waals surface area contributed by atoms with Gasteiger partial charge in [-0.3, -0.25) is 10.1 Å². The van der Waals surface area contributed by atoms with Crippen LogP contribution in [0, 0.1) is 17.2 Å². The van der Waals surface area contributed by atoms with E-state index in [9.17, 15) is 19.6 Å². The highest BCUT2D eigenvalue weighted by Gasteiger charge is 2.51. The first-order chi connectivity index (χ1) is 22.9. The molecule has 0 saturated carbocycles. The average Bonchev–Trinajstić information content (AvgIpc) is 3.11. The minimum Gasteiger partial charge on any atom is -0.486 e. The fourth-order valence-electron chi connectivity index (χ4n) is 6.26. The molecular weight excluding hydrogens is 594 g/mol. The van der Waals surface area contributed by atoms with E-state index in [1.165, 1.54) is 0 Å². The number of fused-ring (bicyclic) bond motifs is 1. The van der Waals surface area contributed by atoms with Crippen LogP contribution in [-0.2, 0) is 22.7 Å². The summed E-state index contributed by atoms with van der Waals surface area (Å²) in [5.41, 5.74) is 3.79. The number of Topliss-reactive ketones (excluding diaryl/α,β-unsaturated/α-hetero) is 1. The van der Waals surface area contributed by atoms with Crippen molar-refractivity contribution in [2.75, 3.05) is 18.4 Å². The van der Waals surface area contributed by atoms with Gasteiger partial charge < -0.3 is 19.1 Å². The van der Waals surface area contributed by atoms with Gasteiger partial charge in [-0.05, 0) is 52.9 Å². The predicted molar refractivity (Wildman–Crippen MR) is 176 cm³/mol. The molecule has 6 rings (SSSR count). The molecule has 1 atom stereocenters. The first-order valence-electron chi connectivity index (χ1n) is 15.7. The second kappa shape index (κ2) is 14.2. The van der Waals surface area contributed by atoms with Gasteiger partial charge in [0.2, 0.25) is 0 Å². The molecule has 1 saturated heterocycles. The van der Waals surface area contributed by atoms with Crippen LogP contribution < -0.4 is 10.1 Å². The van der Waals surface area contributed by atoms with E-state index in [1.807, 2.05) is 84.9 Å². The maximum atomic E-state index is 13.9. The summed E-state index contributed by atoms with van der Waals surface area (Å²) in [6.07, 6.45) is 0.563. The van der Waals surface area contributed by atoms with Crippen molar-refractivity contribution in [3.63, 3.8) is 0 Å². The quantitative estimate of drug-likeness (QED) is 0.212. The highest BCUT2D eigenvalue weighted by molar-refractivity contribution is 6.02. The second-order valence-electron chi connectivity index (χ2n) is 11.8. The molecule has 2 aliphatic rings. The monoisotopic (exact) mass is 629 g/mol. The van der Waals surface area contributed by atoms with Crippen LogP contribution in [0.2, 0.25) is 0 Å². The molecule has 2 aliphatic heterocycles. The molecule has 0 aromatic heterocycles. The molecule has 9 heteroatoms. The van der Waals surface area contributed by atoms with Gasteiger partial charge in [0.15, 0.2) is 5.78 Å². The fourth-order valence-corrected chi connectivity index (χ4v) is 6.26. The third kappa shape index (κ3) is 7.28. The largest absolute Gasteiger partial charge is 0.486 e. The van der Waals surface area contributed by atoms with Crippen LogP contribution >= 0.6 is 0 Å². The van der Waals surface area contributed by atoms with Crippen molar-refractivity contribution in [2.45, 2.75) is 44.5 Å². The Morgan fingerprint density at radius 3 is 2.11 bits per heavy atom. The zero-order chi connectivity index (χ0) is 32.6. The Bertz CT molecular complexity index is 1760. The minimum absolute atomic E-state index is 0.0401. The summed E-state index contributed by atoms with van der Waals surface area (Å²) >= 11 is 0. The molecule has 1 unspecified atom stereocenters. The third-order valence-corrected chi connectivity index (χ3v) is 8.81. The number of amides is 2. The zero-order valence-corrected chi connectivity index (χ0v) is 25.9. The van der Waals surface area contributed by atoms with Gasteiger partial charge in [-0.1, -0.05) is 78.9 Å². The van der Waals surface area contributed by atoms with E-state index in [0.717, 1.165) is 22.3 Å². The smallest absolute Gasteiger partial charge is 0.411 e. The molecule has 47 heavy (non-hydrogen) atoms. The summed E-state index contributed by atoms with van der Waals surface area (Å²) in [7, 11) is 0. The lowest BCUT2D eigenvalue weighted by molar-refractivity contribution is -0.0443. The predicted octanol–water partition coefficient (Wildman–Crippen LogP) is 7.77. The Hall–Kier alpha value is -5.62. The van der Waals surface area contributed by atoms with Crippen LogP contribution in [0.4, 0.5) is 15.3 Å². The number of carbonyl (C=O) groups excluding carboxylic acids is 3. The lowest BCUT2D eigenvalue weighted by Gasteiger charge is -2.48. The van der Waals surface area contributed by atoms with E-state index in [4.69, 9.17) is 14.2 Å². The SMILES string of the molecule is N#CCCC1C(=O)c2ccc(-c3ccc(NC(=O)OCc4ccccc4)cc3)cc2OC12CCN(C(=O)OCc1ccccc1)CC2. The van der Waals surface area contributed by atoms with Crippen LogP contribution in [-0.4, -0.2) is 41.6 Å². The molecule has 0 aliphatic carbocycles. The van der Waals surface area contributed by atoms with Crippen molar-refractivity contribution in [3.8, 4) is 22.9 Å². The molecule has 2 amide bonds. The topological polar surface area (TPSA) is 118 Å². The summed E-state index contributed by atoms with van der Waals surface area (Å²) in [5.74, 6) is -0.0378. The van der Waals surface area contributed by atoms with Crippen LogP contribution in [0.3, 0.4) is 0 Å². The van der Waals surface area contributed by atoms with Crippen LogP contribution in [0.15, 0.2) is 103 Å². The van der Waals surface area contributed by atoms with E-state index in [0.29, 0.717) is 49.4 Å². The Balaban J connectivity index is 1.13. The normalized spacial score (nSPS) is 16.4. The van der Waals surface area contributed by atoms with Gasteiger partial charge in [0, 0.05) is 38.0 Å². The number of nitrogens with one attached hydrogen (secondary N) is 1. The van der Waals surface area contributed by atoms with Crippen LogP contribution in [0.5, 0.6) is 5.75 Å². The van der Waals surface area contributed by atoms with E-state index < -0.39 is 23.7 Å². The summed E-state index contributed by atoms with van der Waals surface area (Å²) in [6, 6.07) is 34.0. The fraction of sp³-hybridized carbons (Fsp3) is 0.263. The van der Waals surface area contributed by atoms with Gasteiger partial charge in [-0.2, -0.15) is 5.26 Å². The molecule has 9 nitrogen and oxygen atoms in total. The number of hydrogen-bond acceptors (Lipinski definition) is 7. The summed E-state index contributed by atoms with van der Waals surface area (Å²) in [4.78, 5) is 40.7. The Labute approximate surface area is 273 Å². The molecule has 4 aromatic rings. The van der Waals surface area contributed by atoms with Gasteiger partial charge in [0.05, 0.1) is 17.6 Å². The molecule has 0 bridgehead atoms. The number of carbonyl (C=O) groups is 3. The molecule has 1 spiro atoms. The van der Waals surface area contributed by atoms with Gasteiger partial charge in [0.25, 0.3) is 0 Å². The van der Waals surface area contributed by atoms with Crippen molar-refractivity contribution in [3.05, 3.63) is 120 Å². The Morgan fingerprint density at radius 2 is 1.47 bits per heavy atom. The van der Waals surface area contributed by atoms with E-state index in [-0.39, 0.29) is 25.4 Å². The van der Waals surface area contributed by atoms with Crippen LogP contribution in [0.1, 0.15) is 47.2 Å². The second-order valence-corrected chi connectivity index (χ2v) is 11.8. The maximum Gasteiger partial charge on any atom is 0.411 e. The highest BCUT2D eigenvalue weighted by atomic mass is 16.6. The number of benzene rings is 4. The number of rotatable bonds is 8. The number of ether oxygens (including phenoxy) is 3. The molecule has 0 radical (unpaired) electrons. The molecule has 4 aromatic carbocycles. The van der Waals surface area contributed by atoms with Crippen molar-refractivity contribution in [1.82, 2.24) is 4.90 Å². The maximum absolute atomic E-state index is 13.9. The van der Waals surface area contributed by atoms with E-state index in [1.54, 1.807) is 23.1 Å². The number of likely N-dealkylation sites (tertiary alicyclic amines) is 1. The Morgan fingerprint density at radius 1 is 0.851 bits per heavy atom. The standard InChI is InChI=1S/C38H35N3O6/c39-21-7-12-33-35(42)32-18-15-30(29-13-16-31(17-14-29)40-36(43)45-25-27-8-3-1-4-9-27)24-34(32)47-38(33)19-22-41(23-20-38)37(44)46-26-28-10-5-2-6-11-28/h1-6,8-11,13-18,24,33H,7,12,19-20,22-23,25-26H2,(H,40,43). The van der Waals surface area contributed by atoms with E-state index >= 15 is 0 Å². The molecule has 1 N–H and O–H groups in total. The first-order valence-corrected chi connectivity index (χ1v) is 15.7. The van der Waals surface area contributed by atoms with Crippen molar-refractivity contribution >= 4 is 23.7 Å². The van der Waals surface area contributed by atoms with Gasteiger partial charge >= 0.3 is 12.2 Å². The summed E-state index contributed by atoms with van der Waals surface area (Å²) in [5, 5.41) is 12.1. The average molecular weight is 630 g/mol. The lowest BCUT2D eigenvalue weighted by Crippen LogP contribution is -2.57. The zero-order valence-electron chi connectivity index (χ0n) is 25.9.